The van der Waals surface area contributed by atoms with E-state index in [0.29, 0.717) is 25.1 Å². The van der Waals surface area contributed by atoms with Gasteiger partial charge in [-0.05, 0) is 56.4 Å². The highest BCUT2D eigenvalue weighted by molar-refractivity contribution is 5.88. The number of pyridine rings is 1. The Morgan fingerprint density at radius 1 is 1.26 bits per heavy atom. The molecule has 1 aliphatic heterocycles. The molecule has 1 fully saturated rings. The average molecular weight is 471 g/mol. The van der Waals surface area contributed by atoms with Crippen molar-refractivity contribution in [1.82, 2.24) is 15.2 Å². The first-order valence-corrected chi connectivity index (χ1v) is 11.5. The number of aromatic hydroxyl groups is 1. The lowest BCUT2D eigenvalue weighted by molar-refractivity contribution is -0.136. The summed E-state index contributed by atoms with van der Waals surface area (Å²) in [5.41, 5.74) is 7.47. The summed E-state index contributed by atoms with van der Waals surface area (Å²) >= 11 is 0. The fourth-order valence-corrected chi connectivity index (χ4v) is 4.35. The van der Waals surface area contributed by atoms with Crippen LogP contribution in [-0.4, -0.2) is 61.7 Å². The maximum absolute atomic E-state index is 12.7. The van der Waals surface area contributed by atoms with Gasteiger partial charge in [-0.1, -0.05) is 24.3 Å². The molecule has 184 valence electrons. The number of nitrogens with two attached hydrogens (primary N) is 1. The van der Waals surface area contributed by atoms with E-state index in [4.69, 9.17) is 5.73 Å². The summed E-state index contributed by atoms with van der Waals surface area (Å²) in [6.07, 6.45) is 1.36. The van der Waals surface area contributed by atoms with E-state index in [1.807, 2.05) is 38.1 Å². The number of hydrogen-bond donors (Lipinski definition) is 5. The minimum atomic E-state index is -0.909. The Morgan fingerprint density at radius 3 is 2.71 bits per heavy atom. The molecular formula is C25H34N4O5. The molecule has 2 amide bonds. The lowest BCUT2D eigenvalue weighted by Crippen LogP contribution is -2.44. The lowest BCUT2D eigenvalue weighted by atomic mass is 9.93. The van der Waals surface area contributed by atoms with E-state index in [-0.39, 0.29) is 35.9 Å². The molecule has 1 aromatic carbocycles. The number of amides is 2. The highest BCUT2D eigenvalue weighted by Crippen LogP contribution is 2.21. The average Bonchev–Trinajstić information content (AvgIpc) is 3.28. The van der Waals surface area contributed by atoms with Gasteiger partial charge < -0.3 is 31.3 Å². The van der Waals surface area contributed by atoms with Crippen LogP contribution in [0.1, 0.15) is 55.3 Å². The molecule has 0 bridgehead atoms. The zero-order valence-corrected chi connectivity index (χ0v) is 19.7. The van der Waals surface area contributed by atoms with Crippen LogP contribution < -0.4 is 11.1 Å². The van der Waals surface area contributed by atoms with Crippen LogP contribution in [0.25, 0.3) is 0 Å². The summed E-state index contributed by atoms with van der Waals surface area (Å²) in [5, 5.41) is 32.8. The van der Waals surface area contributed by atoms with Gasteiger partial charge in [0, 0.05) is 18.6 Å². The second-order valence-corrected chi connectivity index (χ2v) is 9.46. The van der Waals surface area contributed by atoms with Gasteiger partial charge in [0.1, 0.15) is 23.6 Å². The van der Waals surface area contributed by atoms with E-state index in [9.17, 15) is 24.9 Å². The maximum atomic E-state index is 12.7. The Hall–Kier alpha value is -3.01. The van der Waals surface area contributed by atoms with Crippen LogP contribution in [-0.2, 0) is 29.0 Å². The van der Waals surface area contributed by atoms with Crippen LogP contribution in [0.5, 0.6) is 5.75 Å². The molecule has 0 spiro atoms. The number of aromatic nitrogens is 1. The van der Waals surface area contributed by atoms with Crippen molar-refractivity contribution in [2.75, 3.05) is 13.1 Å². The molecule has 34 heavy (non-hydrogen) atoms. The topological polar surface area (TPSA) is 149 Å². The molecule has 3 rings (SSSR count). The normalized spacial score (nSPS) is 17.1. The largest absolute Gasteiger partial charge is 0.506 e. The first-order valence-electron chi connectivity index (χ1n) is 11.5. The fraction of sp³-hybridized carbons (Fsp3) is 0.480. The van der Waals surface area contributed by atoms with Crippen molar-refractivity contribution >= 4 is 11.8 Å². The summed E-state index contributed by atoms with van der Waals surface area (Å²) in [5.74, 6) is -0.660. The highest BCUT2D eigenvalue weighted by Gasteiger charge is 2.32. The van der Waals surface area contributed by atoms with Gasteiger partial charge in [-0.2, -0.15) is 0 Å². The number of β-amino-alcohol motifs (C(OH)–C–C–N with tert-alkyl or cyclic N) is 1. The first-order chi connectivity index (χ1) is 16.1. The van der Waals surface area contributed by atoms with E-state index in [1.165, 1.54) is 12.1 Å². The monoisotopic (exact) mass is 470 g/mol. The van der Waals surface area contributed by atoms with Crippen LogP contribution in [0.3, 0.4) is 0 Å². The SMILES string of the molecule is CC(C)(Cc1cccc(CC(=O)N2CCC[C@H]2C(N)=O)c1)NCC(O)c1ccc(O)c(CO)n1. The molecule has 2 heterocycles. The number of nitrogens with one attached hydrogen (secondary N) is 1. The standard InChI is InChI=1S/C25H34N4O5/c1-25(2,27-14-22(32)18-8-9-21(31)19(15-30)28-18)13-17-6-3-5-16(11-17)12-23(33)29-10-4-7-20(29)24(26)34/h3,5-6,8-9,11,20,22,27,30-32H,4,7,10,12-15H2,1-2H3,(H2,26,34)/t20-,22?/m0/s1. The molecule has 1 saturated heterocycles. The van der Waals surface area contributed by atoms with E-state index < -0.39 is 24.7 Å². The fourth-order valence-electron chi connectivity index (χ4n) is 4.35. The number of nitrogens with zero attached hydrogens (tertiary/aromatic N) is 2. The zero-order chi connectivity index (χ0) is 24.9. The predicted octanol–water partition coefficient (Wildman–Crippen LogP) is 0.943. The summed E-state index contributed by atoms with van der Waals surface area (Å²) < 4.78 is 0. The van der Waals surface area contributed by atoms with Gasteiger partial charge in [-0.3, -0.25) is 9.59 Å². The molecule has 9 nitrogen and oxygen atoms in total. The second kappa shape index (κ2) is 10.9. The van der Waals surface area contributed by atoms with E-state index in [2.05, 4.69) is 10.3 Å². The highest BCUT2D eigenvalue weighted by atomic mass is 16.3. The number of aliphatic hydroxyl groups is 2. The smallest absolute Gasteiger partial charge is 0.240 e. The van der Waals surface area contributed by atoms with Crippen LogP contribution in [0.4, 0.5) is 0 Å². The summed E-state index contributed by atoms with van der Waals surface area (Å²) in [6, 6.07) is 10.2. The van der Waals surface area contributed by atoms with Crippen LogP contribution in [0.2, 0.25) is 0 Å². The van der Waals surface area contributed by atoms with Gasteiger partial charge in [-0.25, -0.2) is 4.98 Å². The van der Waals surface area contributed by atoms with Gasteiger partial charge in [0.15, 0.2) is 0 Å². The van der Waals surface area contributed by atoms with Crippen molar-refractivity contribution in [3.63, 3.8) is 0 Å². The Kier molecular flexibility index (Phi) is 8.24. The second-order valence-electron chi connectivity index (χ2n) is 9.46. The number of hydrogen-bond acceptors (Lipinski definition) is 7. The van der Waals surface area contributed by atoms with Crippen molar-refractivity contribution in [2.24, 2.45) is 5.73 Å². The molecule has 0 saturated carbocycles. The molecular weight excluding hydrogens is 436 g/mol. The summed E-state index contributed by atoms with van der Waals surface area (Å²) in [6.45, 7) is 4.41. The van der Waals surface area contributed by atoms with Gasteiger partial charge in [0.05, 0.1) is 18.7 Å². The zero-order valence-electron chi connectivity index (χ0n) is 19.7. The number of likely N-dealkylation sites (tertiary alicyclic amines) is 1. The molecule has 2 aromatic rings. The Morgan fingerprint density at radius 2 is 2.00 bits per heavy atom. The van der Waals surface area contributed by atoms with Gasteiger partial charge in [0.2, 0.25) is 11.8 Å². The third-order valence-corrected chi connectivity index (χ3v) is 6.13. The first kappa shape index (κ1) is 25.6. The Bertz CT molecular complexity index is 1030. The minimum Gasteiger partial charge on any atom is -0.506 e. The van der Waals surface area contributed by atoms with Crippen LogP contribution in [0.15, 0.2) is 36.4 Å². The van der Waals surface area contributed by atoms with E-state index >= 15 is 0 Å². The van der Waals surface area contributed by atoms with Crippen LogP contribution in [0, 0.1) is 0 Å². The summed E-state index contributed by atoms with van der Waals surface area (Å²) in [7, 11) is 0. The maximum Gasteiger partial charge on any atom is 0.240 e. The molecule has 1 unspecified atom stereocenters. The quantitative estimate of drug-likeness (QED) is 0.347. The van der Waals surface area contributed by atoms with Crippen molar-refractivity contribution in [3.05, 3.63) is 58.9 Å². The van der Waals surface area contributed by atoms with Crippen molar-refractivity contribution < 1.29 is 24.9 Å². The van der Waals surface area contributed by atoms with E-state index in [1.54, 1.807) is 4.90 Å². The number of primary amides is 1. The van der Waals surface area contributed by atoms with Crippen molar-refractivity contribution in [2.45, 2.75) is 63.8 Å². The van der Waals surface area contributed by atoms with Crippen molar-refractivity contribution in [3.8, 4) is 5.75 Å². The van der Waals surface area contributed by atoms with E-state index in [0.717, 1.165) is 17.5 Å². The molecule has 1 aromatic heterocycles. The predicted molar refractivity (Wildman–Crippen MR) is 127 cm³/mol. The Labute approximate surface area is 199 Å². The van der Waals surface area contributed by atoms with Crippen LogP contribution >= 0.6 is 0 Å². The number of benzene rings is 1. The lowest BCUT2D eigenvalue weighted by Gasteiger charge is -2.28. The van der Waals surface area contributed by atoms with Gasteiger partial charge in [0.25, 0.3) is 0 Å². The van der Waals surface area contributed by atoms with Gasteiger partial charge >= 0.3 is 0 Å². The molecule has 2 atom stereocenters. The molecule has 0 radical (unpaired) electrons. The molecule has 0 aliphatic carbocycles. The van der Waals surface area contributed by atoms with Gasteiger partial charge in [-0.15, -0.1) is 0 Å². The third kappa shape index (κ3) is 6.53. The molecule has 1 aliphatic rings. The minimum absolute atomic E-state index is 0.0948. The van der Waals surface area contributed by atoms with Crippen molar-refractivity contribution in [1.29, 1.82) is 0 Å². The third-order valence-electron chi connectivity index (χ3n) is 6.13. The number of aliphatic hydroxyl groups excluding tert-OH is 2. The number of carbonyl (C=O) groups is 2. The Balaban J connectivity index is 1.59. The summed E-state index contributed by atoms with van der Waals surface area (Å²) in [4.78, 5) is 30.0. The number of rotatable bonds is 10. The molecule has 9 heteroatoms. The number of carbonyl (C=O) groups excluding carboxylic acids is 2. The molecule has 6 N–H and O–H groups in total.